The van der Waals surface area contributed by atoms with Crippen molar-refractivity contribution >= 4 is 5.69 Å². The largest absolute Gasteiger partial charge is 0.475 e. The van der Waals surface area contributed by atoms with Crippen molar-refractivity contribution in [1.29, 1.82) is 0 Å². The highest BCUT2D eigenvalue weighted by Crippen LogP contribution is 2.48. The Morgan fingerprint density at radius 3 is 2.56 bits per heavy atom. The van der Waals surface area contributed by atoms with Crippen molar-refractivity contribution in [2.24, 2.45) is 0 Å². The van der Waals surface area contributed by atoms with Crippen LogP contribution in [0, 0.1) is 6.92 Å². The molecule has 0 aliphatic carbocycles. The predicted molar refractivity (Wildman–Crippen MR) is 126 cm³/mol. The molecule has 0 amide bonds. The lowest BCUT2D eigenvalue weighted by Crippen LogP contribution is -2.44. The van der Waals surface area contributed by atoms with Crippen molar-refractivity contribution in [1.82, 2.24) is 4.98 Å². The molecule has 7 heteroatoms. The van der Waals surface area contributed by atoms with Gasteiger partial charge in [0.1, 0.15) is 0 Å². The van der Waals surface area contributed by atoms with E-state index in [4.69, 9.17) is 4.74 Å². The van der Waals surface area contributed by atoms with Gasteiger partial charge < -0.3 is 14.7 Å². The van der Waals surface area contributed by atoms with Crippen molar-refractivity contribution in [3.8, 4) is 5.88 Å². The van der Waals surface area contributed by atoms with Crippen molar-refractivity contribution in [3.63, 3.8) is 0 Å². The van der Waals surface area contributed by atoms with Crippen LogP contribution in [0.4, 0.5) is 18.9 Å². The monoisotopic (exact) mass is 470 g/mol. The quantitative estimate of drug-likeness (QED) is 0.499. The number of halogens is 3. The summed E-state index contributed by atoms with van der Waals surface area (Å²) in [6.45, 7) is 5.62. The number of hydrogen-bond acceptors (Lipinski definition) is 4. The summed E-state index contributed by atoms with van der Waals surface area (Å²) in [6.07, 6.45) is -4.93. The lowest BCUT2D eigenvalue weighted by molar-refractivity contribution is -0.200. The number of aromatic nitrogens is 1. The Hall–Kier alpha value is -3.06. The van der Waals surface area contributed by atoms with E-state index in [1.54, 1.807) is 11.1 Å². The summed E-state index contributed by atoms with van der Waals surface area (Å²) >= 11 is 0. The standard InChI is InChI=1S/C27H29F3N2O2/c1-18(2)34-25-14-21(11-12-31-25)26(15-20-8-6-7-19(3)13-20)17-32(16-24(33)27(28,29)30)23-10-5-4-9-22(23)26/h4-14,18,24,33H,15-17H2,1-3H3/t24-,26?/m1/s1. The normalized spacial score (nSPS) is 18.8. The van der Waals surface area contributed by atoms with Crippen LogP contribution in [0.3, 0.4) is 0 Å². The molecule has 0 fully saturated rings. The average Bonchev–Trinajstić information content (AvgIpc) is 3.07. The third-order valence-electron chi connectivity index (χ3n) is 6.22. The fourth-order valence-corrected chi connectivity index (χ4v) is 4.81. The van der Waals surface area contributed by atoms with E-state index in [9.17, 15) is 18.3 Å². The minimum Gasteiger partial charge on any atom is -0.475 e. The van der Waals surface area contributed by atoms with Crippen LogP contribution >= 0.6 is 0 Å². The van der Waals surface area contributed by atoms with Gasteiger partial charge in [-0.2, -0.15) is 13.2 Å². The number of benzene rings is 2. The van der Waals surface area contributed by atoms with Gasteiger partial charge in [-0.15, -0.1) is 0 Å². The number of ether oxygens (including phenoxy) is 1. The number of pyridine rings is 1. The molecule has 2 aromatic carbocycles. The van der Waals surface area contributed by atoms with Crippen LogP contribution in [-0.2, 0) is 11.8 Å². The van der Waals surface area contributed by atoms with Crippen molar-refractivity contribution in [3.05, 3.63) is 89.1 Å². The number of fused-ring (bicyclic) bond motifs is 1. The van der Waals surface area contributed by atoms with Crippen LogP contribution in [0.25, 0.3) is 0 Å². The molecule has 1 aliphatic rings. The van der Waals surface area contributed by atoms with Gasteiger partial charge in [-0.25, -0.2) is 4.98 Å². The van der Waals surface area contributed by atoms with Gasteiger partial charge in [0.15, 0.2) is 6.10 Å². The second-order valence-corrected chi connectivity index (χ2v) is 9.25. The second kappa shape index (κ2) is 9.29. The molecule has 1 aliphatic heterocycles. The molecule has 1 aromatic heterocycles. The molecule has 34 heavy (non-hydrogen) atoms. The highest BCUT2D eigenvalue weighted by Gasteiger charge is 2.47. The minimum atomic E-state index is -4.69. The Kier molecular flexibility index (Phi) is 6.58. The van der Waals surface area contributed by atoms with Crippen LogP contribution in [0.15, 0.2) is 66.9 Å². The maximum Gasteiger partial charge on any atom is 0.416 e. The van der Waals surface area contributed by atoms with E-state index in [-0.39, 0.29) is 6.10 Å². The maximum absolute atomic E-state index is 13.3. The number of alkyl halides is 3. The van der Waals surface area contributed by atoms with E-state index < -0.39 is 24.2 Å². The van der Waals surface area contributed by atoms with Gasteiger partial charge >= 0.3 is 6.18 Å². The van der Waals surface area contributed by atoms with Gasteiger partial charge in [0.2, 0.25) is 5.88 Å². The first-order chi connectivity index (χ1) is 16.1. The Bertz CT molecular complexity index is 1150. The van der Waals surface area contributed by atoms with Gasteiger partial charge in [0, 0.05) is 29.9 Å². The van der Waals surface area contributed by atoms with Crippen LogP contribution in [0.5, 0.6) is 5.88 Å². The molecule has 3 aromatic rings. The molecular formula is C27H29F3N2O2. The molecular weight excluding hydrogens is 441 g/mol. The van der Waals surface area contributed by atoms with Gasteiger partial charge in [-0.1, -0.05) is 48.0 Å². The summed E-state index contributed by atoms with van der Waals surface area (Å²) in [5.74, 6) is 0.474. The van der Waals surface area contributed by atoms with Crippen molar-refractivity contribution in [2.75, 3.05) is 18.0 Å². The fourth-order valence-electron chi connectivity index (χ4n) is 4.81. The Labute approximate surface area is 198 Å². The smallest absolute Gasteiger partial charge is 0.416 e. The Morgan fingerprint density at radius 1 is 1.09 bits per heavy atom. The molecule has 2 heterocycles. The number of aliphatic hydroxyl groups excluding tert-OH is 1. The van der Waals surface area contributed by atoms with Crippen molar-refractivity contribution in [2.45, 2.75) is 51.0 Å². The van der Waals surface area contributed by atoms with E-state index in [1.807, 2.05) is 75.4 Å². The molecule has 4 rings (SSSR count). The average molecular weight is 471 g/mol. The van der Waals surface area contributed by atoms with Crippen LogP contribution in [0.2, 0.25) is 0 Å². The number of rotatable bonds is 7. The summed E-state index contributed by atoms with van der Waals surface area (Å²) in [4.78, 5) is 5.98. The first-order valence-corrected chi connectivity index (χ1v) is 11.4. The van der Waals surface area contributed by atoms with Gasteiger partial charge in [-0.05, 0) is 56.0 Å². The minimum absolute atomic E-state index is 0.0650. The second-order valence-electron chi connectivity index (χ2n) is 9.25. The number of hydrogen-bond donors (Lipinski definition) is 1. The zero-order valence-corrected chi connectivity index (χ0v) is 19.5. The molecule has 0 saturated carbocycles. The van der Waals surface area contributed by atoms with E-state index in [1.165, 1.54) is 0 Å². The number of para-hydroxylation sites is 1. The van der Waals surface area contributed by atoms with Gasteiger partial charge in [0.25, 0.3) is 0 Å². The van der Waals surface area contributed by atoms with E-state index >= 15 is 0 Å². The molecule has 0 radical (unpaired) electrons. The predicted octanol–water partition coefficient (Wildman–Crippen LogP) is 5.45. The highest BCUT2D eigenvalue weighted by atomic mass is 19.4. The first-order valence-electron chi connectivity index (χ1n) is 11.4. The number of aryl methyl sites for hydroxylation is 1. The Balaban J connectivity index is 1.84. The summed E-state index contributed by atoms with van der Waals surface area (Å²) in [7, 11) is 0. The first kappa shape index (κ1) is 24.1. The molecule has 2 atom stereocenters. The molecule has 0 bridgehead atoms. The van der Waals surface area contributed by atoms with Gasteiger partial charge in [-0.3, -0.25) is 0 Å². The molecule has 0 saturated heterocycles. The molecule has 1 unspecified atom stereocenters. The van der Waals surface area contributed by atoms with Crippen LogP contribution in [-0.4, -0.2) is 41.6 Å². The van der Waals surface area contributed by atoms with Crippen molar-refractivity contribution < 1.29 is 23.0 Å². The summed E-state index contributed by atoms with van der Waals surface area (Å²) < 4.78 is 45.6. The number of aliphatic hydroxyl groups is 1. The van der Waals surface area contributed by atoms with E-state index in [0.29, 0.717) is 24.5 Å². The number of β-amino-alcohol motifs (C(OH)–C–C–N with tert-alkyl or cyclic N) is 1. The van der Waals surface area contributed by atoms with Crippen LogP contribution in [0.1, 0.15) is 36.1 Å². The summed E-state index contributed by atoms with van der Waals surface area (Å²) in [5, 5.41) is 9.89. The topological polar surface area (TPSA) is 45.6 Å². The molecule has 4 nitrogen and oxygen atoms in total. The Morgan fingerprint density at radius 2 is 1.85 bits per heavy atom. The molecule has 1 N–H and O–H groups in total. The summed E-state index contributed by atoms with van der Waals surface area (Å²) in [6, 6.07) is 19.4. The van der Waals surface area contributed by atoms with E-state index in [2.05, 4.69) is 11.1 Å². The number of nitrogens with zero attached hydrogens (tertiary/aromatic N) is 2. The zero-order chi connectivity index (χ0) is 24.5. The fraction of sp³-hybridized carbons (Fsp3) is 0.370. The third-order valence-corrected chi connectivity index (χ3v) is 6.22. The lowest BCUT2D eigenvalue weighted by Gasteiger charge is -2.33. The van der Waals surface area contributed by atoms with Gasteiger partial charge in [0.05, 0.1) is 12.6 Å². The SMILES string of the molecule is Cc1cccc(CC2(c3ccnc(OC(C)C)c3)CN(C[C@@H](O)C(F)(F)F)c3ccccc32)c1. The number of anilines is 1. The maximum atomic E-state index is 13.3. The highest BCUT2D eigenvalue weighted by molar-refractivity contribution is 5.67. The molecule has 180 valence electrons. The zero-order valence-electron chi connectivity index (χ0n) is 19.5. The van der Waals surface area contributed by atoms with Crippen LogP contribution < -0.4 is 9.64 Å². The lowest BCUT2D eigenvalue weighted by atomic mass is 9.72. The third kappa shape index (κ3) is 4.89. The summed E-state index contributed by atoms with van der Waals surface area (Å²) in [5.41, 5.74) is 4.08. The van der Waals surface area contributed by atoms with E-state index in [0.717, 1.165) is 22.3 Å². The molecule has 0 spiro atoms.